The summed E-state index contributed by atoms with van der Waals surface area (Å²) in [6, 6.07) is 5.72. The Bertz CT molecular complexity index is 1290. The highest BCUT2D eigenvalue weighted by Crippen LogP contribution is 2.25. The molecular weight excluding hydrogens is 638 g/mol. The van der Waals surface area contributed by atoms with Crippen molar-refractivity contribution in [3.8, 4) is 5.75 Å². The Morgan fingerprint density at radius 3 is 2.05 bits per heavy atom. The SMILES string of the molecule is CC(C)CNC(=O)C(F)(F)C(=O)[C@@H](NC(=O)[C@H](Cc1ccc(Cl)c(Cl)c1)NC(=O)COc1cc(Cl)cc(Cl)c1)C(C)C. The van der Waals surface area contributed by atoms with Gasteiger partial charge in [0.1, 0.15) is 11.8 Å². The smallest absolute Gasteiger partial charge is 0.383 e. The highest BCUT2D eigenvalue weighted by molar-refractivity contribution is 6.42. The zero-order valence-corrected chi connectivity index (χ0v) is 26.2. The molecule has 0 aliphatic carbocycles. The Hall–Kier alpha value is -2.66. The highest BCUT2D eigenvalue weighted by Gasteiger charge is 2.51. The van der Waals surface area contributed by atoms with E-state index in [1.165, 1.54) is 44.2 Å². The zero-order valence-electron chi connectivity index (χ0n) is 23.2. The summed E-state index contributed by atoms with van der Waals surface area (Å²) in [4.78, 5) is 51.1. The van der Waals surface area contributed by atoms with Crippen LogP contribution in [-0.2, 0) is 25.6 Å². The molecule has 0 bridgehead atoms. The molecule has 0 aliphatic heterocycles. The first-order chi connectivity index (χ1) is 19.5. The monoisotopic (exact) mass is 667 g/mol. The molecule has 2 atom stereocenters. The fourth-order valence-electron chi connectivity index (χ4n) is 3.61. The van der Waals surface area contributed by atoms with Crippen LogP contribution >= 0.6 is 46.4 Å². The second kappa shape index (κ2) is 15.7. The normalized spacial score (nSPS) is 13.0. The summed E-state index contributed by atoms with van der Waals surface area (Å²) in [6.45, 7) is 5.65. The summed E-state index contributed by atoms with van der Waals surface area (Å²) in [6.07, 6.45) is -0.151. The Balaban J connectivity index is 2.26. The van der Waals surface area contributed by atoms with Gasteiger partial charge in [-0.2, -0.15) is 8.78 Å². The summed E-state index contributed by atoms with van der Waals surface area (Å²) in [7, 11) is 0. The summed E-state index contributed by atoms with van der Waals surface area (Å²) in [5, 5.41) is 7.79. The molecule has 0 aliphatic rings. The maximum atomic E-state index is 14.8. The Labute approximate surface area is 262 Å². The van der Waals surface area contributed by atoms with Crippen molar-refractivity contribution in [3.63, 3.8) is 0 Å². The number of benzene rings is 2. The largest absolute Gasteiger partial charge is 0.484 e. The molecule has 0 radical (unpaired) electrons. The van der Waals surface area contributed by atoms with Crippen molar-refractivity contribution in [3.05, 3.63) is 62.1 Å². The van der Waals surface area contributed by atoms with E-state index >= 15 is 0 Å². The predicted octanol–water partition coefficient (Wildman–Crippen LogP) is 5.52. The third-order valence-corrected chi connectivity index (χ3v) is 6.97. The number of hydrogen-bond acceptors (Lipinski definition) is 5. The molecular formula is C28H31Cl4F2N3O5. The van der Waals surface area contributed by atoms with Crippen LogP contribution in [0.1, 0.15) is 33.3 Å². The summed E-state index contributed by atoms with van der Waals surface area (Å²) >= 11 is 24.0. The predicted molar refractivity (Wildman–Crippen MR) is 159 cm³/mol. The molecule has 2 aromatic carbocycles. The first kappa shape index (κ1) is 35.5. The van der Waals surface area contributed by atoms with Gasteiger partial charge in [-0.05, 0) is 47.7 Å². The van der Waals surface area contributed by atoms with E-state index in [-0.39, 0.29) is 44.7 Å². The molecule has 3 N–H and O–H groups in total. The van der Waals surface area contributed by atoms with E-state index in [2.05, 4.69) is 10.6 Å². The number of halogens is 6. The molecule has 2 rings (SSSR count). The fourth-order valence-corrected chi connectivity index (χ4v) is 4.44. The third-order valence-electron chi connectivity index (χ3n) is 5.79. The molecule has 42 heavy (non-hydrogen) atoms. The zero-order chi connectivity index (χ0) is 31.8. The first-order valence-electron chi connectivity index (χ1n) is 12.8. The van der Waals surface area contributed by atoms with Crippen LogP contribution in [0.3, 0.4) is 0 Å². The van der Waals surface area contributed by atoms with Gasteiger partial charge < -0.3 is 20.7 Å². The number of Topliss-reactive ketones (excluding diaryl/α,β-unsaturated/α-hetero) is 1. The average molecular weight is 669 g/mol. The molecule has 230 valence electrons. The van der Waals surface area contributed by atoms with E-state index in [1.807, 2.05) is 5.32 Å². The molecule has 0 unspecified atom stereocenters. The number of alkyl halides is 2. The summed E-state index contributed by atoms with van der Waals surface area (Å²) in [5.41, 5.74) is 0.471. The van der Waals surface area contributed by atoms with Crippen LogP contribution in [0.4, 0.5) is 8.78 Å². The van der Waals surface area contributed by atoms with Gasteiger partial charge in [-0.15, -0.1) is 0 Å². The minimum Gasteiger partial charge on any atom is -0.484 e. The molecule has 0 saturated carbocycles. The van der Waals surface area contributed by atoms with Crippen molar-refractivity contribution in [2.75, 3.05) is 13.2 Å². The van der Waals surface area contributed by atoms with Gasteiger partial charge >= 0.3 is 5.92 Å². The molecule has 0 spiro atoms. The molecule has 0 heterocycles. The number of ether oxygens (including phenoxy) is 1. The van der Waals surface area contributed by atoms with Gasteiger partial charge in [-0.1, -0.05) is 80.2 Å². The first-order valence-corrected chi connectivity index (χ1v) is 14.3. The maximum absolute atomic E-state index is 14.8. The van der Waals surface area contributed by atoms with Crippen molar-refractivity contribution in [1.29, 1.82) is 0 Å². The van der Waals surface area contributed by atoms with Crippen LogP contribution in [0.2, 0.25) is 20.1 Å². The van der Waals surface area contributed by atoms with Crippen LogP contribution in [0, 0.1) is 11.8 Å². The molecule has 3 amide bonds. The van der Waals surface area contributed by atoms with Gasteiger partial charge in [-0.3, -0.25) is 19.2 Å². The standard InChI is InChI=1S/C28H31Cl4F2N3O5/c1-14(2)12-35-27(41)28(33,34)25(39)24(15(3)4)37-26(40)22(8-16-5-6-20(31)21(32)7-16)36-23(38)13-42-19-10-17(29)9-18(30)11-19/h5-7,9-11,14-15,22,24H,8,12-13H2,1-4H3,(H,35,41)(H,36,38)(H,37,40)/t22-,24-/m0/s1. The van der Waals surface area contributed by atoms with Crippen molar-refractivity contribution in [1.82, 2.24) is 16.0 Å². The lowest BCUT2D eigenvalue weighted by Gasteiger charge is -2.27. The lowest BCUT2D eigenvalue weighted by atomic mass is 9.94. The molecule has 14 heteroatoms. The Morgan fingerprint density at radius 2 is 1.50 bits per heavy atom. The number of ketones is 1. The van der Waals surface area contributed by atoms with Crippen LogP contribution in [0.15, 0.2) is 36.4 Å². The second-order valence-electron chi connectivity index (χ2n) is 10.2. The Kier molecular flexibility index (Phi) is 13.3. The lowest BCUT2D eigenvalue weighted by molar-refractivity contribution is -0.161. The van der Waals surface area contributed by atoms with Crippen molar-refractivity contribution < 1.29 is 32.7 Å². The van der Waals surface area contributed by atoms with Crippen LogP contribution < -0.4 is 20.7 Å². The number of hydrogen-bond donors (Lipinski definition) is 3. The number of carbonyl (C=O) groups is 4. The molecule has 0 saturated heterocycles. The third kappa shape index (κ3) is 10.6. The van der Waals surface area contributed by atoms with Crippen LogP contribution in [0.25, 0.3) is 0 Å². The fraction of sp³-hybridized carbons (Fsp3) is 0.429. The van der Waals surface area contributed by atoms with E-state index in [1.54, 1.807) is 19.9 Å². The van der Waals surface area contributed by atoms with Gasteiger partial charge in [-0.25, -0.2) is 0 Å². The topological polar surface area (TPSA) is 114 Å². The van der Waals surface area contributed by atoms with Crippen molar-refractivity contribution in [2.24, 2.45) is 11.8 Å². The molecule has 0 fully saturated rings. The number of carbonyl (C=O) groups excluding carboxylic acids is 4. The van der Waals surface area contributed by atoms with E-state index in [0.717, 1.165) is 0 Å². The van der Waals surface area contributed by atoms with E-state index in [9.17, 15) is 28.0 Å². The molecule has 2 aromatic rings. The van der Waals surface area contributed by atoms with Crippen molar-refractivity contribution >= 4 is 69.9 Å². The average Bonchev–Trinajstić information content (AvgIpc) is 2.89. The van der Waals surface area contributed by atoms with Crippen LogP contribution in [-0.4, -0.2) is 54.7 Å². The van der Waals surface area contributed by atoms with Gasteiger partial charge in [0.2, 0.25) is 11.7 Å². The van der Waals surface area contributed by atoms with Crippen molar-refractivity contribution in [2.45, 2.75) is 52.1 Å². The Morgan fingerprint density at radius 1 is 0.881 bits per heavy atom. The van der Waals surface area contributed by atoms with Gasteiger partial charge in [0, 0.05) is 23.0 Å². The van der Waals surface area contributed by atoms with E-state index in [0.29, 0.717) is 5.56 Å². The highest BCUT2D eigenvalue weighted by atomic mass is 35.5. The van der Waals surface area contributed by atoms with E-state index in [4.69, 9.17) is 51.1 Å². The maximum Gasteiger partial charge on any atom is 0.383 e. The van der Waals surface area contributed by atoms with Gasteiger partial charge in [0.05, 0.1) is 16.1 Å². The minimum absolute atomic E-state index is 0.0678. The number of nitrogens with one attached hydrogen (secondary N) is 3. The summed E-state index contributed by atoms with van der Waals surface area (Å²) < 4.78 is 35.1. The summed E-state index contributed by atoms with van der Waals surface area (Å²) in [5.74, 6) is -10.4. The van der Waals surface area contributed by atoms with Gasteiger partial charge in [0.25, 0.3) is 11.8 Å². The van der Waals surface area contributed by atoms with E-state index < -0.39 is 54.0 Å². The van der Waals surface area contributed by atoms with Gasteiger partial charge in [0.15, 0.2) is 6.61 Å². The number of rotatable bonds is 14. The lowest BCUT2D eigenvalue weighted by Crippen LogP contribution is -2.59. The molecule has 0 aromatic heterocycles. The quantitative estimate of drug-likeness (QED) is 0.229. The van der Waals surface area contributed by atoms with Crippen LogP contribution in [0.5, 0.6) is 5.75 Å². The minimum atomic E-state index is -4.41. The second-order valence-corrected chi connectivity index (χ2v) is 11.9. The number of amides is 3. The molecule has 8 nitrogen and oxygen atoms in total.